The molecule has 2 aromatic heterocycles. The Morgan fingerprint density at radius 1 is 1.32 bits per heavy atom. The molecule has 0 aliphatic carbocycles. The molecular formula is C12H14N4O2S. The summed E-state index contributed by atoms with van der Waals surface area (Å²) in [5.41, 5.74) is 7.51. The normalized spacial score (nSPS) is 11.4. The van der Waals surface area contributed by atoms with Crippen LogP contribution in [0, 0.1) is 6.92 Å². The standard InChI is InChI=1S/C12H14N4O2S/c1-9-4-6-14-7-10(9)8-16-19(17,18)12-11(13)3-2-5-15-12/h2-7,16H,8,13H2,1H3. The van der Waals surface area contributed by atoms with Gasteiger partial charge >= 0.3 is 0 Å². The lowest BCUT2D eigenvalue weighted by Gasteiger charge is -2.09. The Kier molecular flexibility index (Phi) is 3.77. The minimum atomic E-state index is -3.72. The summed E-state index contributed by atoms with van der Waals surface area (Å²) in [5, 5.41) is -0.156. The Morgan fingerprint density at radius 2 is 2.11 bits per heavy atom. The minimum Gasteiger partial charge on any atom is -0.396 e. The number of anilines is 1. The van der Waals surface area contributed by atoms with Gasteiger partial charge in [0.25, 0.3) is 10.0 Å². The fourth-order valence-corrected chi connectivity index (χ4v) is 2.61. The Morgan fingerprint density at radius 3 is 2.79 bits per heavy atom. The number of rotatable bonds is 4. The van der Waals surface area contributed by atoms with Gasteiger partial charge < -0.3 is 5.73 Å². The zero-order valence-corrected chi connectivity index (χ0v) is 11.2. The van der Waals surface area contributed by atoms with Crippen molar-refractivity contribution in [2.24, 2.45) is 0 Å². The summed E-state index contributed by atoms with van der Waals surface area (Å²) >= 11 is 0. The molecule has 6 nitrogen and oxygen atoms in total. The van der Waals surface area contributed by atoms with Gasteiger partial charge in [0.15, 0.2) is 5.03 Å². The lowest BCUT2D eigenvalue weighted by Crippen LogP contribution is -2.25. The number of sulfonamides is 1. The predicted molar refractivity (Wildman–Crippen MR) is 71.6 cm³/mol. The fraction of sp³-hybridized carbons (Fsp3) is 0.167. The van der Waals surface area contributed by atoms with Crippen LogP contribution in [-0.2, 0) is 16.6 Å². The summed E-state index contributed by atoms with van der Waals surface area (Å²) in [6, 6.07) is 4.90. The van der Waals surface area contributed by atoms with Crippen LogP contribution in [0.2, 0.25) is 0 Å². The molecule has 0 aliphatic rings. The largest absolute Gasteiger partial charge is 0.396 e. The molecule has 7 heteroatoms. The maximum atomic E-state index is 12.1. The Labute approximate surface area is 111 Å². The van der Waals surface area contributed by atoms with Crippen LogP contribution in [0.1, 0.15) is 11.1 Å². The van der Waals surface area contributed by atoms with E-state index < -0.39 is 10.0 Å². The van der Waals surface area contributed by atoms with E-state index in [4.69, 9.17) is 5.73 Å². The van der Waals surface area contributed by atoms with Crippen molar-refractivity contribution < 1.29 is 8.42 Å². The molecule has 0 aromatic carbocycles. The van der Waals surface area contributed by atoms with E-state index in [1.807, 2.05) is 13.0 Å². The summed E-state index contributed by atoms with van der Waals surface area (Å²) in [6.45, 7) is 2.04. The summed E-state index contributed by atoms with van der Waals surface area (Å²) in [6.07, 6.45) is 4.67. The van der Waals surface area contributed by atoms with E-state index in [1.165, 1.54) is 12.3 Å². The summed E-state index contributed by atoms with van der Waals surface area (Å²) in [7, 11) is -3.72. The van der Waals surface area contributed by atoms with E-state index in [0.717, 1.165) is 11.1 Å². The van der Waals surface area contributed by atoms with Gasteiger partial charge in [-0.15, -0.1) is 0 Å². The second kappa shape index (κ2) is 5.33. The minimum absolute atomic E-state index is 0.123. The first-order valence-electron chi connectivity index (χ1n) is 5.60. The lowest BCUT2D eigenvalue weighted by atomic mass is 10.2. The van der Waals surface area contributed by atoms with Crippen LogP contribution in [0.5, 0.6) is 0 Å². The molecule has 3 N–H and O–H groups in total. The highest BCUT2D eigenvalue weighted by atomic mass is 32.2. The van der Waals surface area contributed by atoms with E-state index in [0.29, 0.717) is 0 Å². The van der Waals surface area contributed by atoms with Crippen LogP contribution in [0.4, 0.5) is 5.69 Å². The van der Waals surface area contributed by atoms with Crippen LogP contribution in [0.15, 0.2) is 41.8 Å². The van der Waals surface area contributed by atoms with Gasteiger partial charge in [-0.25, -0.2) is 18.1 Å². The van der Waals surface area contributed by atoms with Crippen molar-refractivity contribution >= 4 is 15.7 Å². The van der Waals surface area contributed by atoms with Crippen LogP contribution in [-0.4, -0.2) is 18.4 Å². The molecule has 0 atom stereocenters. The van der Waals surface area contributed by atoms with E-state index in [-0.39, 0.29) is 17.3 Å². The van der Waals surface area contributed by atoms with E-state index in [1.54, 1.807) is 18.5 Å². The zero-order chi connectivity index (χ0) is 13.9. The van der Waals surface area contributed by atoms with Gasteiger partial charge in [0.1, 0.15) is 0 Å². The van der Waals surface area contributed by atoms with E-state index in [2.05, 4.69) is 14.7 Å². The molecule has 2 aromatic rings. The second-order valence-corrected chi connectivity index (χ2v) is 5.71. The van der Waals surface area contributed by atoms with Crippen molar-refractivity contribution in [3.8, 4) is 0 Å². The molecule has 0 fully saturated rings. The van der Waals surface area contributed by atoms with Gasteiger partial charge in [-0.1, -0.05) is 0 Å². The molecule has 0 radical (unpaired) electrons. The number of aromatic nitrogens is 2. The smallest absolute Gasteiger partial charge is 0.260 e. The average molecular weight is 278 g/mol. The maximum absolute atomic E-state index is 12.1. The molecule has 100 valence electrons. The second-order valence-electron chi connectivity index (χ2n) is 4.02. The number of hydrogen-bond acceptors (Lipinski definition) is 5. The molecule has 19 heavy (non-hydrogen) atoms. The summed E-state index contributed by atoms with van der Waals surface area (Å²) < 4.78 is 26.6. The number of nitrogens with one attached hydrogen (secondary N) is 1. The van der Waals surface area contributed by atoms with Crippen molar-refractivity contribution in [1.29, 1.82) is 0 Å². The van der Waals surface area contributed by atoms with Gasteiger partial charge in [-0.3, -0.25) is 4.98 Å². The first-order chi connectivity index (χ1) is 9.00. The first-order valence-corrected chi connectivity index (χ1v) is 7.08. The van der Waals surface area contributed by atoms with Crippen LogP contribution in [0.25, 0.3) is 0 Å². The molecule has 0 unspecified atom stereocenters. The number of aryl methyl sites for hydroxylation is 1. The quantitative estimate of drug-likeness (QED) is 0.863. The number of pyridine rings is 2. The monoisotopic (exact) mass is 278 g/mol. The SMILES string of the molecule is Cc1ccncc1CNS(=O)(=O)c1ncccc1N. The topological polar surface area (TPSA) is 98.0 Å². The molecule has 0 amide bonds. The van der Waals surface area contributed by atoms with Crippen molar-refractivity contribution in [3.63, 3.8) is 0 Å². The highest BCUT2D eigenvalue weighted by Crippen LogP contribution is 2.14. The molecule has 0 bridgehead atoms. The molecule has 2 rings (SSSR count). The third kappa shape index (κ3) is 3.07. The molecule has 2 heterocycles. The van der Waals surface area contributed by atoms with Crippen LogP contribution >= 0.6 is 0 Å². The lowest BCUT2D eigenvalue weighted by molar-refractivity contribution is 0.578. The van der Waals surface area contributed by atoms with Crippen LogP contribution in [0.3, 0.4) is 0 Å². The van der Waals surface area contributed by atoms with E-state index in [9.17, 15) is 8.42 Å². The molecule has 0 saturated carbocycles. The van der Waals surface area contributed by atoms with Gasteiger partial charge in [0, 0.05) is 25.1 Å². The van der Waals surface area contributed by atoms with Gasteiger partial charge in [0.2, 0.25) is 0 Å². The molecule has 0 spiro atoms. The van der Waals surface area contributed by atoms with Crippen molar-refractivity contribution in [1.82, 2.24) is 14.7 Å². The van der Waals surface area contributed by atoms with Gasteiger partial charge in [-0.2, -0.15) is 0 Å². The summed E-state index contributed by atoms with van der Waals surface area (Å²) in [5.74, 6) is 0. The Hall–Kier alpha value is -1.99. The van der Waals surface area contributed by atoms with Crippen molar-refractivity contribution in [2.75, 3.05) is 5.73 Å². The number of nitrogen functional groups attached to an aromatic ring is 1. The van der Waals surface area contributed by atoms with E-state index >= 15 is 0 Å². The van der Waals surface area contributed by atoms with Crippen LogP contribution < -0.4 is 10.5 Å². The molecule has 0 aliphatic heterocycles. The number of hydrogen-bond donors (Lipinski definition) is 2. The molecular weight excluding hydrogens is 264 g/mol. The van der Waals surface area contributed by atoms with Crippen molar-refractivity contribution in [2.45, 2.75) is 18.5 Å². The van der Waals surface area contributed by atoms with Gasteiger partial charge in [0.05, 0.1) is 5.69 Å². The zero-order valence-electron chi connectivity index (χ0n) is 10.4. The summed E-state index contributed by atoms with van der Waals surface area (Å²) in [4.78, 5) is 7.75. The fourth-order valence-electron chi connectivity index (χ4n) is 1.55. The van der Waals surface area contributed by atoms with Gasteiger partial charge in [-0.05, 0) is 36.2 Å². The third-order valence-electron chi connectivity index (χ3n) is 2.66. The highest BCUT2D eigenvalue weighted by molar-refractivity contribution is 7.89. The Balaban J connectivity index is 2.20. The average Bonchev–Trinajstić information content (AvgIpc) is 2.38. The number of nitrogens with zero attached hydrogens (tertiary/aromatic N) is 2. The third-order valence-corrected chi connectivity index (χ3v) is 4.03. The molecule has 0 saturated heterocycles. The first kappa shape index (κ1) is 13.4. The predicted octanol–water partition coefficient (Wildman–Crippen LogP) is 0.846. The Bertz CT molecular complexity index is 686. The highest BCUT2D eigenvalue weighted by Gasteiger charge is 2.18. The van der Waals surface area contributed by atoms with Crippen molar-refractivity contribution in [3.05, 3.63) is 47.9 Å². The number of nitrogens with two attached hydrogens (primary N) is 1. The maximum Gasteiger partial charge on any atom is 0.260 e.